The van der Waals surface area contributed by atoms with Gasteiger partial charge in [0, 0.05) is 18.2 Å². The van der Waals surface area contributed by atoms with Crippen molar-refractivity contribution in [3.8, 4) is 28.7 Å². The highest BCUT2D eigenvalue weighted by Crippen LogP contribution is 2.42. The number of aliphatic hydroxyl groups excluding tert-OH is 3. The van der Waals surface area contributed by atoms with Crippen LogP contribution in [0.2, 0.25) is 0 Å². The summed E-state index contributed by atoms with van der Waals surface area (Å²) in [6.07, 6.45) is -6.09. The third kappa shape index (κ3) is 6.16. The number of aliphatic hydroxyl groups is 3. The van der Waals surface area contributed by atoms with Crippen molar-refractivity contribution in [3.63, 3.8) is 0 Å². The molecule has 6 atom stereocenters. The number of phenolic OH excluding ortho intramolecular Hbond substituents is 3. The molecule has 3 aromatic carbocycles. The second-order valence-corrected chi connectivity index (χ2v) is 9.79. The second-order valence-electron chi connectivity index (χ2n) is 9.79. The van der Waals surface area contributed by atoms with Crippen LogP contribution in [0.4, 0.5) is 0 Å². The first-order valence-corrected chi connectivity index (χ1v) is 13.0. The SMILES string of the molecule is O=C(/C=C/c1ccc(O)cc1)OC1[C@H](Oc2cc(O)c3c(c2)OC(c2ccc(O)cc2)CC3=O)OC(CO)[C@@H](O)[C@@H]1O. The molecule has 0 aliphatic carbocycles. The van der Waals surface area contributed by atoms with Crippen molar-refractivity contribution in [2.75, 3.05) is 6.61 Å². The van der Waals surface area contributed by atoms with Crippen LogP contribution in [0.3, 0.4) is 0 Å². The van der Waals surface area contributed by atoms with Crippen LogP contribution >= 0.6 is 0 Å². The van der Waals surface area contributed by atoms with Crippen LogP contribution < -0.4 is 9.47 Å². The number of ketones is 1. The Kier molecular flexibility index (Phi) is 8.31. The zero-order chi connectivity index (χ0) is 30.0. The summed E-state index contributed by atoms with van der Waals surface area (Å²) in [4.78, 5) is 25.5. The van der Waals surface area contributed by atoms with E-state index in [0.717, 1.165) is 12.1 Å². The molecule has 1 fully saturated rings. The molecule has 3 unspecified atom stereocenters. The molecule has 2 heterocycles. The number of aromatic hydroxyl groups is 3. The molecule has 2 aliphatic heterocycles. The zero-order valence-electron chi connectivity index (χ0n) is 21.9. The molecule has 0 amide bonds. The fraction of sp³-hybridized carbons (Fsp3) is 0.267. The average Bonchev–Trinajstić information content (AvgIpc) is 2.96. The molecule has 2 aliphatic rings. The van der Waals surface area contributed by atoms with E-state index in [2.05, 4.69) is 0 Å². The molecule has 0 saturated carbocycles. The predicted molar refractivity (Wildman–Crippen MR) is 144 cm³/mol. The fourth-order valence-corrected chi connectivity index (χ4v) is 4.69. The van der Waals surface area contributed by atoms with Gasteiger partial charge in [0.2, 0.25) is 6.29 Å². The molecule has 0 bridgehead atoms. The van der Waals surface area contributed by atoms with Gasteiger partial charge >= 0.3 is 5.97 Å². The van der Waals surface area contributed by atoms with Gasteiger partial charge in [0.1, 0.15) is 58.7 Å². The normalized spacial score (nSPS) is 25.5. The Morgan fingerprint density at radius 1 is 0.952 bits per heavy atom. The Morgan fingerprint density at radius 2 is 1.62 bits per heavy atom. The summed E-state index contributed by atoms with van der Waals surface area (Å²) in [5.41, 5.74) is 1.12. The highest BCUT2D eigenvalue weighted by molar-refractivity contribution is 6.02. The molecule has 0 radical (unpaired) electrons. The van der Waals surface area contributed by atoms with Crippen LogP contribution in [0.15, 0.2) is 66.7 Å². The highest BCUT2D eigenvalue weighted by Gasteiger charge is 2.48. The van der Waals surface area contributed by atoms with Gasteiger partial charge in [-0.15, -0.1) is 0 Å². The van der Waals surface area contributed by atoms with Gasteiger partial charge in [-0.1, -0.05) is 24.3 Å². The van der Waals surface area contributed by atoms with Gasteiger partial charge in [0.05, 0.1) is 13.0 Å². The molecular formula is C30H28O12. The smallest absolute Gasteiger partial charge is 0.331 e. The first kappa shape index (κ1) is 28.9. The first-order valence-electron chi connectivity index (χ1n) is 13.0. The Morgan fingerprint density at radius 3 is 2.29 bits per heavy atom. The minimum absolute atomic E-state index is 0.000184. The van der Waals surface area contributed by atoms with Crippen molar-refractivity contribution in [1.82, 2.24) is 0 Å². The number of hydrogen-bond acceptors (Lipinski definition) is 12. The third-order valence-corrected chi connectivity index (χ3v) is 6.87. The molecule has 0 spiro atoms. The first-order chi connectivity index (χ1) is 20.1. The summed E-state index contributed by atoms with van der Waals surface area (Å²) in [5, 5.41) is 60.4. The van der Waals surface area contributed by atoms with Gasteiger partial charge < -0.3 is 49.6 Å². The largest absolute Gasteiger partial charge is 0.508 e. The standard InChI is InChI=1S/C30H28O12/c31-14-24-27(37)28(38)29(42-25(36)10-3-15-1-6-17(32)7-2-15)30(41-24)39-19-11-20(34)26-21(35)13-22(40-23(26)12-19)16-4-8-18(33)9-5-16/h1-12,22,24,27-34,37-38H,13-14H2/b10-3+/t22?,24?,27-,28+,29?,30-/m1/s1. The number of fused-ring (bicyclic) bond motifs is 1. The molecule has 12 heteroatoms. The number of benzene rings is 3. The highest BCUT2D eigenvalue weighted by atomic mass is 16.7. The Hall–Kier alpha value is -4.62. The van der Waals surface area contributed by atoms with E-state index in [1.165, 1.54) is 36.4 Å². The van der Waals surface area contributed by atoms with Crippen LogP contribution in [0.5, 0.6) is 28.7 Å². The predicted octanol–water partition coefficient (Wildman–Crippen LogP) is 1.95. The van der Waals surface area contributed by atoms with E-state index < -0.39 is 60.9 Å². The summed E-state index contributed by atoms with van der Waals surface area (Å²) in [6, 6.07) is 14.5. The number of esters is 1. The van der Waals surface area contributed by atoms with Gasteiger partial charge in [-0.25, -0.2) is 4.79 Å². The minimum Gasteiger partial charge on any atom is -0.508 e. The van der Waals surface area contributed by atoms with Crippen LogP contribution in [-0.2, 0) is 14.3 Å². The summed E-state index contributed by atoms with van der Waals surface area (Å²) in [7, 11) is 0. The summed E-state index contributed by atoms with van der Waals surface area (Å²) in [6.45, 7) is -0.694. The average molecular weight is 581 g/mol. The van der Waals surface area contributed by atoms with Gasteiger partial charge in [-0.3, -0.25) is 4.79 Å². The van der Waals surface area contributed by atoms with E-state index in [4.69, 9.17) is 18.9 Å². The number of carbonyl (C=O) groups excluding carboxylic acids is 2. The topological polar surface area (TPSA) is 192 Å². The number of rotatable bonds is 7. The van der Waals surface area contributed by atoms with Gasteiger partial charge in [-0.2, -0.15) is 0 Å². The summed E-state index contributed by atoms with van der Waals surface area (Å²) < 4.78 is 22.7. The Bertz CT molecular complexity index is 1470. The van der Waals surface area contributed by atoms with Crippen molar-refractivity contribution < 1.29 is 59.2 Å². The lowest BCUT2D eigenvalue weighted by atomic mass is 9.95. The summed E-state index contributed by atoms with van der Waals surface area (Å²) >= 11 is 0. The molecule has 1 saturated heterocycles. The van der Waals surface area contributed by atoms with Crippen LogP contribution in [0.25, 0.3) is 6.08 Å². The summed E-state index contributed by atoms with van der Waals surface area (Å²) in [5.74, 6) is -1.75. The van der Waals surface area contributed by atoms with E-state index in [9.17, 15) is 40.2 Å². The Balaban J connectivity index is 1.38. The monoisotopic (exact) mass is 580 g/mol. The maximum absolute atomic E-state index is 12.9. The molecule has 12 nitrogen and oxygen atoms in total. The molecule has 3 aromatic rings. The van der Waals surface area contributed by atoms with E-state index >= 15 is 0 Å². The maximum Gasteiger partial charge on any atom is 0.331 e. The number of ether oxygens (including phenoxy) is 4. The van der Waals surface area contributed by atoms with E-state index in [0.29, 0.717) is 11.1 Å². The van der Waals surface area contributed by atoms with Crippen molar-refractivity contribution in [2.24, 2.45) is 0 Å². The van der Waals surface area contributed by atoms with Gasteiger partial charge in [0.15, 0.2) is 11.9 Å². The number of phenols is 3. The maximum atomic E-state index is 12.9. The van der Waals surface area contributed by atoms with Crippen LogP contribution in [0, 0.1) is 0 Å². The molecule has 5 rings (SSSR count). The van der Waals surface area contributed by atoms with Crippen molar-refractivity contribution in [3.05, 3.63) is 83.4 Å². The fourth-order valence-electron chi connectivity index (χ4n) is 4.69. The molecule has 220 valence electrons. The number of Topliss-reactive ketones (excluding diaryl/α,β-unsaturated/α-hetero) is 1. The van der Waals surface area contributed by atoms with E-state index in [1.54, 1.807) is 24.3 Å². The van der Waals surface area contributed by atoms with Crippen molar-refractivity contribution >= 4 is 17.8 Å². The molecule has 42 heavy (non-hydrogen) atoms. The number of carbonyl (C=O) groups is 2. The van der Waals surface area contributed by atoms with Gasteiger partial charge in [-0.05, 0) is 41.5 Å². The molecule has 6 N–H and O–H groups in total. The minimum atomic E-state index is -1.73. The van der Waals surface area contributed by atoms with Crippen LogP contribution in [-0.4, -0.2) is 79.7 Å². The van der Waals surface area contributed by atoms with E-state index in [1.807, 2.05) is 0 Å². The zero-order valence-corrected chi connectivity index (χ0v) is 21.9. The second kappa shape index (κ2) is 12.1. The lowest BCUT2D eigenvalue weighted by Gasteiger charge is -2.41. The van der Waals surface area contributed by atoms with E-state index in [-0.39, 0.29) is 35.0 Å². The van der Waals surface area contributed by atoms with Crippen molar-refractivity contribution in [2.45, 2.75) is 43.2 Å². The lowest BCUT2D eigenvalue weighted by molar-refractivity contribution is -0.281. The quantitative estimate of drug-likeness (QED) is 0.176. The van der Waals surface area contributed by atoms with Gasteiger partial charge in [0.25, 0.3) is 0 Å². The van der Waals surface area contributed by atoms with Crippen molar-refractivity contribution in [1.29, 1.82) is 0 Å². The van der Waals surface area contributed by atoms with Crippen LogP contribution in [0.1, 0.15) is 34.0 Å². The number of hydrogen-bond donors (Lipinski definition) is 6. The molecule has 0 aromatic heterocycles. The molecular weight excluding hydrogens is 552 g/mol. The lowest BCUT2D eigenvalue weighted by Crippen LogP contribution is -2.61. The third-order valence-electron chi connectivity index (χ3n) is 6.87. The Labute approximate surface area is 239 Å².